The van der Waals surface area contributed by atoms with Crippen molar-refractivity contribution in [2.75, 3.05) is 55.6 Å². The first kappa shape index (κ1) is 23.4. The topological polar surface area (TPSA) is 83.9 Å². The number of rotatable bonds is 11. The zero-order valence-electron chi connectivity index (χ0n) is 18.6. The molecule has 0 bridgehead atoms. The molecule has 0 aliphatic carbocycles. The summed E-state index contributed by atoms with van der Waals surface area (Å²) in [6.45, 7) is 2.64. The van der Waals surface area contributed by atoms with Crippen LogP contribution in [0.5, 0.6) is 34.5 Å². The number of benzene rings is 2. The number of ether oxygens (including phenoxy) is 4. The average Bonchev–Trinajstić information content (AvgIpc) is 2.74. The molecule has 0 heterocycles. The number of phenols is 2. The minimum Gasteiger partial charge on any atom is -0.504 e. The highest BCUT2D eigenvalue weighted by molar-refractivity contribution is 5.55. The van der Waals surface area contributed by atoms with Crippen molar-refractivity contribution >= 4 is 0 Å². The first-order valence-corrected chi connectivity index (χ1v) is 9.58. The maximum Gasteiger partial charge on any atom is 0.203 e. The molecule has 0 saturated carbocycles. The molecule has 0 aliphatic rings. The van der Waals surface area contributed by atoms with E-state index in [1.807, 2.05) is 26.2 Å². The van der Waals surface area contributed by atoms with Gasteiger partial charge in [-0.05, 0) is 26.2 Å². The molecule has 0 amide bonds. The highest BCUT2D eigenvalue weighted by Crippen LogP contribution is 2.40. The summed E-state index contributed by atoms with van der Waals surface area (Å²) >= 11 is 0. The van der Waals surface area contributed by atoms with Crippen molar-refractivity contribution in [3.05, 3.63) is 35.4 Å². The van der Waals surface area contributed by atoms with E-state index in [0.29, 0.717) is 36.1 Å². The molecule has 0 aromatic heterocycles. The van der Waals surface area contributed by atoms with Crippen LogP contribution in [0.25, 0.3) is 0 Å². The van der Waals surface area contributed by atoms with Gasteiger partial charge in [-0.3, -0.25) is 0 Å². The Morgan fingerprint density at radius 3 is 1.30 bits per heavy atom. The van der Waals surface area contributed by atoms with Gasteiger partial charge in [-0.1, -0.05) is 12.1 Å². The molecule has 8 nitrogen and oxygen atoms in total. The van der Waals surface area contributed by atoms with Gasteiger partial charge in [0.15, 0.2) is 23.0 Å². The molecule has 0 atom stereocenters. The van der Waals surface area contributed by atoms with Crippen molar-refractivity contribution in [2.24, 2.45) is 0 Å². The molecule has 2 aromatic carbocycles. The second-order valence-electron chi connectivity index (χ2n) is 7.09. The summed E-state index contributed by atoms with van der Waals surface area (Å²) in [6.07, 6.45) is 0. The van der Waals surface area contributed by atoms with Crippen LogP contribution in [0.15, 0.2) is 24.3 Å². The Hall–Kier alpha value is -2.84. The van der Waals surface area contributed by atoms with Gasteiger partial charge in [-0.15, -0.1) is 0 Å². The van der Waals surface area contributed by atoms with Crippen molar-refractivity contribution < 1.29 is 29.2 Å². The Labute approximate surface area is 178 Å². The number of hydrogen-bond donors (Lipinski definition) is 2. The van der Waals surface area contributed by atoms with Crippen molar-refractivity contribution in [3.8, 4) is 34.5 Å². The lowest BCUT2D eigenvalue weighted by Crippen LogP contribution is -2.30. The number of methoxy groups -OCH3 is 4. The first-order valence-electron chi connectivity index (χ1n) is 9.58. The van der Waals surface area contributed by atoms with Gasteiger partial charge in [0.1, 0.15) is 0 Å². The van der Waals surface area contributed by atoms with Crippen molar-refractivity contribution in [1.29, 1.82) is 0 Å². The Morgan fingerprint density at radius 1 is 0.633 bits per heavy atom. The van der Waals surface area contributed by atoms with Crippen molar-refractivity contribution in [2.45, 2.75) is 13.1 Å². The van der Waals surface area contributed by atoms with Crippen molar-refractivity contribution in [3.63, 3.8) is 0 Å². The van der Waals surface area contributed by atoms with E-state index in [2.05, 4.69) is 9.80 Å². The van der Waals surface area contributed by atoms with Crippen LogP contribution in [0, 0.1) is 0 Å². The van der Waals surface area contributed by atoms with E-state index in [9.17, 15) is 10.2 Å². The summed E-state index contributed by atoms with van der Waals surface area (Å²) in [5, 5.41) is 20.9. The number of nitrogens with zero attached hydrogens (tertiary/aromatic N) is 2. The smallest absolute Gasteiger partial charge is 0.203 e. The molecule has 0 fully saturated rings. The predicted molar refractivity (Wildman–Crippen MR) is 115 cm³/mol. The highest BCUT2D eigenvalue weighted by Gasteiger charge is 2.17. The van der Waals surface area contributed by atoms with E-state index in [1.165, 1.54) is 28.4 Å². The summed E-state index contributed by atoms with van der Waals surface area (Å²) < 4.78 is 20.9. The molecule has 0 aliphatic heterocycles. The third-order valence-electron chi connectivity index (χ3n) is 4.95. The number of aromatic hydroxyl groups is 2. The molecular weight excluding hydrogens is 388 g/mol. The van der Waals surface area contributed by atoms with Crippen LogP contribution >= 0.6 is 0 Å². The molecule has 8 heteroatoms. The average molecular weight is 421 g/mol. The second kappa shape index (κ2) is 10.8. The van der Waals surface area contributed by atoms with Gasteiger partial charge >= 0.3 is 0 Å². The molecule has 166 valence electrons. The summed E-state index contributed by atoms with van der Waals surface area (Å²) in [7, 11) is 10.0. The lowest BCUT2D eigenvalue weighted by Gasteiger charge is -2.23. The van der Waals surface area contributed by atoms with Crippen LogP contribution in [0.3, 0.4) is 0 Å². The standard InChI is InChI=1S/C22H32N2O6/c1-23(13-15-7-9-17(27-3)21(29-5)19(15)25)11-12-24(2)14-16-8-10-18(28-4)22(30-6)20(16)26/h7-10,25-26H,11-14H2,1-6H3. The lowest BCUT2D eigenvalue weighted by molar-refractivity contribution is 0.241. The first-order chi connectivity index (χ1) is 14.4. The molecule has 30 heavy (non-hydrogen) atoms. The SMILES string of the molecule is COc1ccc(CN(C)CCN(C)Cc2ccc(OC)c(OC)c2O)c(O)c1OC. The Balaban J connectivity index is 1.96. The van der Waals surface area contributed by atoms with Crippen LogP contribution in [0.1, 0.15) is 11.1 Å². The van der Waals surface area contributed by atoms with Gasteiger partial charge in [0.25, 0.3) is 0 Å². The molecule has 0 radical (unpaired) electrons. The normalized spacial score (nSPS) is 11.1. The summed E-state index contributed by atoms with van der Waals surface area (Å²) in [5.41, 5.74) is 1.52. The van der Waals surface area contributed by atoms with Crippen molar-refractivity contribution in [1.82, 2.24) is 9.80 Å². The third kappa shape index (κ3) is 5.40. The molecule has 0 spiro atoms. The zero-order valence-corrected chi connectivity index (χ0v) is 18.6. The maximum atomic E-state index is 10.5. The van der Waals surface area contributed by atoms with Gasteiger partial charge in [-0.25, -0.2) is 0 Å². The lowest BCUT2D eigenvalue weighted by atomic mass is 10.1. The molecule has 2 rings (SSSR count). The second-order valence-corrected chi connectivity index (χ2v) is 7.09. The van der Waals surface area contributed by atoms with Crippen LogP contribution < -0.4 is 18.9 Å². The molecular formula is C22H32N2O6. The maximum absolute atomic E-state index is 10.5. The number of likely N-dealkylation sites (N-methyl/N-ethyl adjacent to an activating group) is 2. The third-order valence-corrected chi connectivity index (χ3v) is 4.95. The molecule has 0 unspecified atom stereocenters. The fourth-order valence-electron chi connectivity index (χ4n) is 3.24. The number of phenolic OH excluding ortho intramolecular Hbond substituents is 2. The van der Waals surface area contributed by atoms with E-state index >= 15 is 0 Å². The van der Waals surface area contributed by atoms with Crippen LogP contribution in [-0.4, -0.2) is 75.6 Å². The minimum absolute atomic E-state index is 0.0901. The summed E-state index contributed by atoms with van der Waals surface area (Å²) in [4.78, 5) is 4.21. The van der Waals surface area contributed by atoms with E-state index < -0.39 is 0 Å². The highest BCUT2D eigenvalue weighted by atomic mass is 16.5. The predicted octanol–water partition coefficient (Wildman–Crippen LogP) is 2.70. The Bertz CT molecular complexity index is 773. The largest absolute Gasteiger partial charge is 0.504 e. The molecule has 0 saturated heterocycles. The van der Waals surface area contributed by atoms with Gasteiger partial charge in [0, 0.05) is 37.3 Å². The summed E-state index contributed by atoms with van der Waals surface area (Å²) in [5.74, 6) is 1.85. The van der Waals surface area contributed by atoms with E-state index in [0.717, 1.165) is 24.2 Å². The monoisotopic (exact) mass is 420 g/mol. The van der Waals surface area contributed by atoms with Crippen LogP contribution in [0.4, 0.5) is 0 Å². The number of hydrogen-bond acceptors (Lipinski definition) is 8. The van der Waals surface area contributed by atoms with E-state index in [-0.39, 0.29) is 11.5 Å². The van der Waals surface area contributed by atoms with Crippen LogP contribution in [-0.2, 0) is 13.1 Å². The van der Waals surface area contributed by atoms with Gasteiger partial charge in [-0.2, -0.15) is 0 Å². The molecule has 2 N–H and O–H groups in total. The van der Waals surface area contributed by atoms with Crippen LogP contribution in [0.2, 0.25) is 0 Å². The van der Waals surface area contributed by atoms with Gasteiger partial charge in [0.2, 0.25) is 11.5 Å². The molecule has 2 aromatic rings. The van der Waals surface area contributed by atoms with E-state index in [1.54, 1.807) is 12.1 Å². The van der Waals surface area contributed by atoms with Gasteiger partial charge in [0.05, 0.1) is 28.4 Å². The fraction of sp³-hybridized carbons (Fsp3) is 0.455. The minimum atomic E-state index is 0.0901. The zero-order chi connectivity index (χ0) is 22.3. The van der Waals surface area contributed by atoms with Gasteiger partial charge < -0.3 is 39.0 Å². The summed E-state index contributed by atoms with van der Waals surface area (Å²) in [6, 6.07) is 7.23. The van der Waals surface area contributed by atoms with E-state index in [4.69, 9.17) is 18.9 Å². The Kier molecular flexibility index (Phi) is 8.44. The fourth-order valence-corrected chi connectivity index (χ4v) is 3.24. The quantitative estimate of drug-likeness (QED) is 0.574. The Morgan fingerprint density at radius 2 is 1.00 bits per heavy atom.